The molecule has 0 fully saturated rings. The number of aromatic nitrogens is 2. The Labute approximate surface area is 129 Å². The number of anilines is 1. The van der Waals surface area contributed by atoms with E-state index in [-0.39, 0.29) is 17.6 Å². The lowest BCUT2D eigenvalue weighted by molar-refractivity contribution is -0.141. The van der Waals surface area contributed by atoms with Crippen molar-refractivity contribution in [3.63, 3.8) is 0 Å². The third kappa shape index (κ3) is 5.38. The van der Waals surface area contributed by atoms with Crippen LogP contribution in [0.1, 0.15) is 33.6 Å². The second kappa shape index (κ2) is 8.02. The number of hydrogen-bond acceptors (Lipinski definition) is 5. The van der Waals surface area contributed by atoms with Crippen molar-refractivity contribution in [3.05, 3.63) is 21.6 Å². The molecule has 7 heteroatoms. The van der Waals surface area contributed by atoms with Gasteiger partial charge in [0.05, 0.1) is 19.0 Å². The lowest BCUT2D eigenvalue weighted by Gasteiger charge is -2.17. The van der Waals surface area contributed by atoms with Crippen LogP contribution in [0, 0.1) is 5.92 Å². The second-order valence-electron chi connectivity index (χ2n) is 5.43. The van der Waals surface area contributed by atoms with Crippen LogP contribution in [0.3, 0.4) is 0 Å². The summed E-state index contributed by atoms with van der Waals surface area (Å²) in [6.45, 7) is 6.10. The summed E-state index contributed by atoms with van der Waals surface area (Å²) in [6, 6.07) is 0.183. The number of carbonyl (C=O) groups is 1. The SMILES string of the molecule is COC(=O)Cn1ncc(NC(C)CCC(C)C)c(Cl)c1=O. The summed E-state index contributed by atoms with van der Waals surface area (Å²) in [6.07, 6.45) is 3.51. The van der Waals surface area contributed by atoms with E-state index < -0.39 is 11.5 Å². The van der Waals surface area contributed by atoms with Gasteiger partial charge in [-0.15, -0.1) is 0 Å². The molecule has 0 amide bonds. The summed E-state index contributed by atoms with van der Waals surface area (Å²) in [4.78, 5) is 23.2. The summed E-state index contributed by atoms with van der Waals surface area (Å²) >= 11 is 6.04. The van der Waals surface area contributed by atoms with E-state index in [2.05, 4.69) is 29.0 Å². The van der Waals surface area contributed by atoms with Crippen molar-refractivity contribution in [2.45, 2.75) is 46.2 Å². The molecule has 118 valence electrons. The third-order valence-corrected chi connectivity index (χ3v) is 3.44. The van der Waals surface area contributed by atoms with Gasteiger partial charge in [-0.25, -0.2) is 4.68 Å². The molecule has 0 aliphatic heterocycles. The van der Waals surface area contributed by atoms with E-state index in [0.29, 0.717) is 11.6 Å². The van der Waals surface area contributed by atoms with Gasteiger partial charge in [0.1, 0.15) is 11.6 Å². The maximum absolute atomic E-state index is 12.0. The van der Waals surface area contributed by atoms with Gasteiger partial charge in [0.2, 0.25) is 0 Å². The van der Waals surface area contributed by atoms with Crippen molar-refractivity contribution >= 4 is 23.3 Å². The monoisotopic (exact) mass is 315 g/mol. The van der Waals surface area contributed by atoms with Gasteiger partial charge in [-0.05, 0) is 25.7 Å². The van der Waals surface area contributed by atoms with Crippen LogP contribution >= 0.6 is 11.6 Å². The highest BCUT2D eigenvalue weighted by atomic mass is 35.5. The molecule has 0 saturated carbocycles. The van der Waals surface area contributed by atoms with Gasteiger partial charge in [0, 0.05) is 6.04 Å². The Morgan fingerprint density at radius 3 is 2.67 bits per heavy atom. The molecule has 1 N–H and O–H groups in total. The van der Waals surface area contributed by atoms with Crippen LogP contribution in [0.2, 0.25) is 5.02 Å². The number of halogens is 1. The lowest BCUT2D eigenvalue weighted by atomic mass is 10.0. The molecular formula is C14H22ClN3O3. The fourth-order valence-corrected chi connectivity index (χ4v) is 1.99. The Bertz CT molecular complexity index is 543. The number of carbonyl (C=O) groups excluding carboxylic acids is 1. The minimum Gasteiger partial charge on any atom is -0.468 e. The van der Waals surface area contributed by atoms with Gasteiger partial charge in [-0.2, -0.15) is 5.10 Å². The number of methoxy groups -OCH3 is 1. The molecule has 0 aliphatic rings. The van der Waals surface area contributed by atoms with Gasteiger partial charge in [-0.1, -0.05) is 25.4 Å². The van der Waals surface area contributed by atoms with E-state index >= 15 is 0 Å². The van der Waals surface area contributed by atoms with Crippen molar-refractivity contribution in [1.82, 2.24) is 9.78 Å². The average Bonchev–Trinajstić information content (AvgIpc) is 2.44. The molecule has 1 unspecified atom stereocenters. The molecular weight excluding hydrogens is 294 g/mol. The van der Waals surface area contributed by atoms with Crippen molar-refractivity contribution in [3.8, 4) is 0 Å². The van der Waals surface area contributed by atoms with Crippen LogP contribution < -0.4 is 10.9 Å². The molecule has 0 aromatic carbocycles. The van der Waals surface area contributed by atoms with Crippen LogP contribution in [-0.4, -0.2) is 28.9 Å². The number of nitrogens with one attached hydrogen (secondary N) is 1. The maximum Gasteiger partial charge on any atom is 0.327 e. The number of nitrogens with zero attached hydrogens (tertiary/aromatic N) is 2. The zero-order chi connectivity index (χ0) is 16.0. The standard InChI is InChI=1S/C14H22ClN3O3/c1-9(2)5-6-10(3)17-11-7-16-18(8-12(19)21-4)14(20)13(11)15/h7,9-10,17H,5-6,8H2,1-4H3. The van der Waals surface area contributed by atoms with E-state index in [1.54, 1.807) is 0 Å². The van der Waals surface area contributed by atoms with Gasteiger partial charge in [0.15, 0.2) is 0 Å². The molecule has 1 rings (SSSR count). The maximum atomic E-state index is 12.0. The number of hydrogen-bond donors (Lipinski definition) is 1. The first kappa shape index (κ1) is 17.5. The van der Waals surface area contributed by atoms with Crippen LogP contribution in [0.15, 0.2) is 11.0 Å². The minimum atomic E-state index is -0.549. The fraction of sp³-hybridized carbons (Fsp3) is 0.643. The Kier molecular flexibility index (Phi) is 6.68. The zero-order valence-electron chi connectivity index (χ0n) is 12.9. The normalized spacial score (nSPS) is 12.3. The molecule has 1 heterocycles. The molecule has 0 spiro atoms. The smallest absolute Gasteiger partial charge is 0.327 e. The molecule has 6 nitrogen and oxygen atoms in total. The number of ether oxygens (including phenoxy) is 1. The van der Waals surface area contributed by atoms with Crippen LogP contribution in [0.5, 0.6) is 0 Å². The lowest BCUT2D eigenvalue weighted by Crippen LogP contribution is -2.29. The fourth-order valence-electron chi connectivity index (χ4n) is 1.79. The van der Waals surface area contributed by atoms with E-state index in [9.17, 15) is 9.59 Å². The molecule has 0 bridgehead atoms. The van der Waals surface area contributed by atoms with Crippen molar-refractivity contribution < 1.29 is 9.53 Å². The first-order valence-electron chi connectivity index (χ1n) is 6.94. The minimum absolute atomic E-state index is 0.0327. The number of rotatable bonds is 7. The quantitative estimate of drug-likeness (QED) is 0.782. The summed E-state index contributed by atoms with van der Waals surface area (Å²) in [5, 5.41) is 7.14. The molecule has 1 aromatic rings. The number of esters is 1. The van der Waals surface area contributed by atoms with Crippen molar-refractivity contribution in [2.75, 3.05) is 12.4 Å². The average molecular weight is 316 g/mol. The van der Waals surface area contributed by atoms with E-state index in [4.69, 9.17) is 11.6 Å². The first-order chi connectivity index (χ1) is 9.85. The Morgan fingerprint density at radius 2 is 2.10 bits per heavy atom. The molecule has 21 heavy (non-hydrogen) atoms. The van der Waals surface area contributed by atoms with Crippen LogP contribution in [0.25, 0.3) is 0 Å². The summed E-state index contributed by atoms with van der Waals surface area (Å²) in [5.74, 6) is 0.0718. The van der Waals surface area contributed by atoms with E-state index in [1.807, 2.05) is 6.92 Å². The second-order valence-corrected chi connectivity index (χ2v) is 5.81. The highest BCUT2D eigenvalue weighted by Gasteiger charge is 2.13. The van der Waals surface area contributed by atoms with E-state index in [1.165, 1.54) is 13.3 Å². The Hall–Kier alpha value is -1.56. The predicted molar refractivity (Wildman–Crippen MR) is 82.7 cm³/mol. The van der Waals surface area contributed by atoms with E-state index in [0.717, 1.165) is 17.5 Å². The molecule has 0 radical (unpaired) electrons. The topological polar surface area (TPSA) is 73.2 Å². The Morgan fingerprint density at radius 1 is 1.43 bits per heavy atom. The summed E-state index contributed by atoms with van der Waals surface area (Å²) < 4.78 is 5.49. The molecule has 0 aliphatic carbocycles. The van der Waals surface area contributed by atoms with Crippen molar-refractivity contribution in [1.29, 1.82) is 0 Å². The molecule has 1 aromatic heterocycles. The zero-order valence-corrected chi connectivity index (χ0v) is 13.6. The molecule has 0 saturated heterocycles. The Balaban J connectivity index is 2.80. The highest BCUT2D eigenvalue weighted by molar-refractivity contribution is 6.32. The molecule has 1 atom stereocenters. The van der Waals surface area contributed by atoms with Crippen molar-refractivity contribution in [2.24, 2.45) is 5.92 Å². The summed E-state index contributed by atoms with van der Waals surface area (Å²) in [5.41, 5.74) is -0.0258. The first-order valence-corrected chi connectivity index (χ1v) is 7.32. The largest absolute Gasteiger partial charge is 0.468 e. The third-order valence-electron chi connectivity index (χ3n) is 3.07. The predicted octanol–water partition coefficient (Wildman–Crippen LogP) is 2.31. The van der Waals surface area contributed by atoms with Gasteiger partial charge < -0.3 is 10.1 Å². The van der Waals surface area contributed by atoms with Gasteiger partial charge in [-0.3, -0.25) is 9.59 Å². The van der Waals surface area contributed by atoms with Crippen LogP contribution in [-0.2, 0) is 16.1 Å². The van der Waals surface area contributed by atoms with Crippen LogP contribution in [0.4, 0.5) is 5.69 Å². The summed E-state index contributed by atoms with van der Waals surface area (Å²) in [7, 11) is 1.25. The highest BCUT2D eigenvalue weighted by Crippen LogP contribution is 2.18. The van der Waals surface area contributed by atoms with Gasteiger partial charge in [0.25, 0.3) is 5.56 Å². The van der Waals surface area contributed by atoms with Gasteiger partial charge >= 0.3 is 5.97 Å².